The molecular formula is C16H17N3O. The molecule has 3 rings (SSSR count). The Morgan fingerprint density at radius 2 is 2.05 bits per heavy atom. The van der Waals surface area contributed by atoms with E-state index in [0.29, 0.717) is 24.7 Å². The number of benzene rings is 1. The summed E-state index contributed by atoms with van der Waals surface area (Å²) >= 11 is 0. The van der Waals surface area contributed by atoms with E-state index in [-0.39, 0.29) is 5.91 Å². The number of anilines is 1. The van der Waals surface area contributed by atoms with Crippen LogP contribution in [0.2, 0.25) is 0 Å². The van der Waals surface area contributed by atoms with Crippen LogP contribution in [0.1, 0.15) is 28.4 Å². The Bertz CT molecular complexity index is 612. The zero-order chi connectivity index (χ0) is 13.9. The van der Waals surface area contributed by atoms with Crippen molar-refractivity contribution in [3.63, 3.8) is 0 Å². The van der Waals surface area contributed by atoms with E-state index in [1.165, 1.54) is 5.56 Å². The molecule has 2 aromatic rings. The molecule has 0 saturated heterocycles. The lowest BCUT2D eigenvalue weighted by atomic mass is 9.98. The third kappa shape index (κ3) is 2.18. The number of fused-ring (bicyclic) bond motifs is 1. The fraction of sp³-hybridized carbons (Fsp3) is 0.250. The van der Waals surface area contributed by atoms with Crippen molar-refractivity contribution in [2.75, 3.05) is 18.0 Å². The van der Waals surface area contributed by atoms with Crippen LogP contribution in [0.5, 0.6) is 0 Å². The molecule has 1 aliphatic rings. The molecule has 2 N–H and O–H groups in total. The molecule has 0 spiro atoms. The lowest BCUT2D eigenvalue weighted by Crippen LogP contribution is -2.30. The fourth-order valence-corrected chi connectivity index (χ4v) is 2.76. The van der Waals surface area contributed by atoms with Gasteiger partial charge in [-0.3, -0.25) is 9.78 Å². The number of nitrogens with two attached hydrogens (primary N) is 1. The molecule has 1 aromatic carbocycles. The molecular weight excluding hydrogens is 250 g/mol. The van der Waals surface area contributed by atoms with Crippen LogP contribution in [-0.4, -0.2) is 24.0 Å². The quantitative estimate of drug-likeness (QED) is 0.927. The maximum atomic E-state index is 12.6. The van der Waals surface area contributed by atoms with Gasteiger partial charge in [0.25, 0.3) is 5.91 Å². The van der Waals surface area contributed by atoms with E-state index >= 15 is 0 Å². The molecule has 0 saturated carbocycles. The van der Waals surface area contributed by atoms with E-state index in [1.807, 2.05) is 35.2 Å². The van der Waals surface area contributed by atoms with Crippen molar-refractivity contribution in [3.05, 3.63) is 59.9 Å². The number of hydrogen-bond acceptors (Lipinski definition) is 3. The molecule has 102 valence electrons. The largest absolute Gasteiger partial charge is 0.330 e. The first-order valence-corrected chi connectivity index (χ1v) is 6.83. The third-order valence-electron chi connectivity index (χ3n) is 3.71. The number of aromatic nitrogens is 1. The second-order valence-corrected chi connectivity index (χ2v) is 4.96. The lowest BCUT2D eigenvalue weighted by molar-refractivity contribution is 0.0983. The summed E-state index contributed by atoms with van der Waals surface area (Å²) in [4.78, 5) is 18.6. The van der Waals surface area contributed by atoms with Gasteiger partial charge in [-0.1, -0.05) is 24.3 Å². The number of carbonyl (C=O) groups is 1. The molecule has 0 aliphatic carbocycles. The van der Waals surface area contributed by atoms with Crippen LogP contribution in [0, 0.1) is 0 Å². The minimum Gasteiger partial charge on any atom is -0.330 e. The fourth-order valence-electron chi connectivity index (χ4n) is 2.76. The van der Waals surface area contributed by atoms with Gasteiger partial charge in [-0.15, -0.1) is 0 Å². The van der Waals surface area contributed by atoms with Gasteiger partial charge < -0.3 is 10.6 Å². The Balaban J connectivity index is 1.94. The Kier molecular flexibility index (Phi) is 3.48. The van der Waals surface area contributed by atoms with Crippen molar-refractivity contribution >= 4 is 11.6 Å². The number of pyridine rings is 1. The van der Waals surface area contributed by atoms with E-state index in [2.05, 4.69) is 11.1 Å². The van der Waals surface area contributed by atoms with Crippen molar-refractivity contribution in [1.82, 2.24) is 4.98 Å². The van der Waals surface area contributed by atoms with Crippen molar-refractivity contribution < 1.29 is 4.79 Å². The molecule has 4 nitrogen and oxygen atoms in total. The average molecular weight is 267 g/mol. The van der Waals surface area contributed by atoms with Gasteiger partial charge >= 0.3 is 0 Å². The normalized spacial score (nSPS) is 17.1. The second-order valence-electron chi connectivity index (χ2n) is 4.96. The van der Waals surface area contributed by atoms with Gasteiger partial charge in [0.2, 0.25) is 0 Å². The Morgan fingerprint density at radius 1 is 1.25 bits per heavy atom. The first kappa shape index (κ1) is 12.8. The van der Waals surface area contributed by atoms with Crippen LogP contribution < -0.4 is 10.6 Å². The first-order valence-electron chi connectivity index (χ1n) is 6.83. The minimum atomic E-state index is -0.0439. The van der Waals surface area contributed by atoms with Crippen LogP contribution >= 0.6 is 0 Å². The van der Waals surface area contributed by atoms with Gasteiger partial charge in [0, 0.05) is 24.3 Å². The standard InChI is InChI=1S/C16H17N3O/c17-9-8-12-11-19(15-7-2-1-5-13(12)15)16(20)14-6-3-4-10-18-14/h1-7,10,12H,8-9,11,17H2. The van der Waals surface area contributed by atoms with Gasteiger partial charge in [0.15, 0.2) is 0 Å². The zero-order valence-corrected chi connectivity index (χ0v) is 11.2. The zero-order valence-electron chi connectivity index (χ0n) is 11.2. The second kappa shape index (κ2) is 5.43. The molecule has 0 fully saturated rings. The topological polar surface area (TPSA) is 59.2 Å². The number of para-hydroxylation sites is 1. The van der Waals surface area contributed by atoms with Gasteiger partial charge in [-0.2, -0.15) is 0 Å². The first-order chi connectivity index (χ1) is 9.81. The van der Waals surface area contributed by atoms with Crippen LogP contribution in [0.4, 0.5) is 5.69 Å². The smallest absolute Gasteiger partial charge is 0.276 e. The predicted molar refractivity (Wildman–Crippen MR) is 78.8 cm³/mol. The van der Waals surface area contributed by atoms with E-state index in [0.717, 1.165) is 12.1 Å². The number of carbonyl (C=O) groups excluding carboxylic acids is 1. The van der Waals surface area contributed by atoms with E-state index in [4.69, 9.17) is 5.73 Å². The summed E-state index contributed by atoms with van der Waals surface area (Å²) in [5, 5.41) is 0. The average Bonchev–Trinajstić information content (AvgIpc) is 2.87. The molecule has 4 heteroatoms. The summed E-state index contributed by atoms with van der Waals surface area (Å²) in [6.45, 7) is 1.32. The van der Waals surface area contributed by atoms with Crippen LogP contribution in [-0.2, 0) is 0 Å². The highest BCUT2D eigenvalue weighted by Crippen LogP contribution is 2.38. The summed E-state index contributed by atoms with van der Waals surface area (Å²) in [6.07, 6.45) is 2.54. The lowest BCUT2D eigenvalue weighted by Gasteiger charge is -2.17. The Hall–Kier alpha value is -2.20. The van der Waals surface area contributed by atoms with E-state index in [1.54, 1.807) is 12.3 Å². The predicted octanol–water partition coefficient (Wildman–Crippen LogP) is 2.17. The molecule has 1 amide bonds. The number of nitrogens with zero attached hydrogens (tertiary/aromatic N) is 2. The number of rotatable bonds is 3. The van der Waals surface area contributed by atoms with Crippen molar-refractivity contribution in [1.29, 1.82) is 0 Å². The monoisotopic (exact) mass is 267 g/mol. The van der Waals surface area contributed by atoms with Crippen molar-refractivity contribution in [2.45, 2.75) is 12.3 Å². The molecule has 1 unspecified atom stereocenters. The van der Waals surface area contributed by atoms with Gasteiger partial charge in [-0.25, -0.2) is 0 Å². The molecule has 1 aliphatic heterocycles. The van der Waals surface area contributed by atoms with Crippen LogP contribution in [0.3, 0.4) is 0 Å². The number of hydrogen-bond donors (Lipinski definition) is 1. The van der Waals surface area contributed by atoms with E-state index in [9.17, 15) is 4.79 Å². The SMILES string of the molecule is NCCC1CN(C(=O)c2ccccn2)c2ccccc21. The number of amides is 1. The molecule has 20 heavy (non-hydrogen) atoms. The summed E-state index contributed by atoms with van der Waals surface area (Å²) in [5.74, 6) is 0.279. The highest BCUT2D eigenvalue weighted by molar-refractivity contribution is 6.06. The summed E-state index contributed by atoms with van der Waals surface area (Å²) in [6, 6.07) is 13.4. The minimum absolute atomic E-state index is 0.0439. The van der Waals surface area contributed by atoms with Gasteiger partial charge in [-0.05, 0) is 36.7 Å². The molecule has 0 radical (unpaired) electrons. The van der Waals surface area contributed by atoms with Gasteiger partial charge in [0.05, 0.1) is 0 Å². The van der Waals surface area contributed by atoms with Crippen molar-refractivity contribution in [2.24, 2.45) is 5.73 Å². The van der Waals surface area contributed by atoms with Crippen LogP contribution in [0.25, 0.3) is 0 Å². The molecule has 1 atom stereocenters. The van der Waals surface area contributed by atoms with Crippen molar-refractivity contribution in [3.8, 4) is 0 Å². The Labute approximate surface area is 118 Å². The van der Waals surface area contributed by atoms with Crippen LogP contribution in [0.15, 0.2) is 48.7 Å². The molecule has 2 heterocycles. The highest BCUT2D eigenvalue weighted by Gasteiger charge is 2.32. The van der Waals surface area contributed by atoms with Gasteiger partial charge in [0.1, 0.15) is 5.69 Å². The summed E-state index contributed by atoms with van der Waals surface area (Å²) < 4.78 is 0. The summed E-state index contributed by atoms with van der Waals surface area (Å²) in [5.41, 5.74) is 8.36. The maximum absolute atomic E-state index is 12.6. The van der Waals surface area contributed by atoms with E-state index < -0.39 is 0 Å². The molecule has 0 bridgehead atoms. The highest BCUT2D eigenvalue weighted by atomic mass is 16.2. The third-order valence-corrected chi connectivity index (χ3v) is 3.71. The maximum Gasteiger partial charge on any atom is 0.276 e. The Morgan fingerprint density at radius 3 is 2.80 bits per heavy atom. The molecule has 1 aromatic heterocycles. The summed E-state index contributed by atoms with van der Waals surface area (Å²) in [7, 11) is 0.